The van der Waals surface area contributed by atoms with Crippen molar-refractivity contribution in [2.45, 2.75) is 25.4 Å². The number of carbonyl (C=O) groups excluding carboxylic acids is 2. The highest BCUT2D eigenvalue weighted by molar-refractivity contribution is 6.32. The molecule has 2 fully saturated rings. The average molecular weight is 280 g/mol. The maximum absolute atomic E-state index is 12.1. The fraction of sp³-hybridized carbons (Fsp3) is 0.429. The van der Waals surface area contributed by atoms with Crippen LogP contribution in [0.5, 0.6) is 5.75 Å². The first-order chi connectivity index (χ1) is 9.06. The normalized spacial score (nSPS) is 24.9. The smallest absolute Gasteiger partial charge is 0.221 e. The van der Waals surface area contributed by atoms with Crippen molar-refractivity contribution in [3.05, 3.63) is 28.8 Å². The highest BCUT2D eigenvalue weighted by Gasteiger charge is 2.47. The lowest BCUT2D eigenvalue weighted by Gasteiger charge is -2.08. The third-order valence-corrected chi connectivity index (χ3v) is 3.82. The Kier molecular flexibility index (Phi) is 2.97. The molecule has 19 heavy (non-hydrogen) atoms. The molecule has 4 nitrogen and oxygen atoms in total. The second-order valence-corrected chi connectivity index (χ2v) is 5.58. The fourth-order valence-corrected chi connectivity index (χ4v) is 2.35. The molecule has 1 aromatic carbocycles. The summed E-state index contributed by atoms with van der Waals surface area (Å²) >= 11 is 6.10. The fourth-order valence-electron chi connectivity index (χ4n) is 2.13. The maximum atomic E-state index is 12.1. The van der Waals surface area contributed by atoms with Gasteiger partial charge in [-0.15, -0.1) is 0 Å². The van der Waals surface area contributed by atoms with Gasteiger partial charge in [-0.05, 0) is 37.5 Å². The first-order valence-electron chi connectivity index (χ1n) is 6.36. The number of amides is 1. The van der Waals surface area contributed by atoms with Gasteiger partial charge in [0.25, 0.3) is 0 Å². The van der Waals surface area contributed by atoms with Crippen molar-refractivity contribution in [1.82, 2.24) is 0 Å². The van der Waals surface area contributed by atoms with E-state index in [2.05, 4.69) is 0 Å². The zero-order valence-corrected chi connectivity index (χ0v) is 11.0. The summed E-state index contributed by atoms with van der Waals surface area (Å²) in [5.74, 6) is -0.442. The van der Waals surface area contributed by atoms with Gasteiger partial charge in [0.15, 0.2) is 5.78 Å². The van der Waals surface area contributed by atoms with E-state index >= 15 is 0 Å². The van der Waals surface area contributed by atoms with Crippen LogP contribution in [0.2, 0.25) is 5.02 Å². The van der Waals surface area contributed by atoms with Crippen molar-refractivity contribution in [2.75, 3.05) is 0 Å². The molecule has 0 heterocycles. The predicted octanol–water partition coefficient (Wildman–Crippen LogP) is 2.19. The molecule has 1 aromatic rings. The molecule has 2 N–H and O–H groups in total. The van der Waals surface area contributed by atoms with Gasteiger partial charge < -0.3 is 10.5 Å². The minimum absolute atomic E-state index is 0.0660. The molecule has 2 saturated carbocycles. The van der Waals surface area contributed by atoms with Gasteiger partial charge in [0.05, 0.1) is 11.1 Å². The Morgan fingerprint density at radius 1 is 1.26 bits per heavy atom. The molecule has 5 heteroatoms. The summed E-state index contributed by atoms with van der Waals surface area (Å²) in [6.07, 6.45) is 2.92. The minimum atomic E-state index is -0.405. The number of nitrogens with two attached hydrogens (primary N) is 1. The topological polar surface area (TPSA) is 69.4 Å². The molecule has 2 aliphatic rings. The van der Waals surface area contributed by atoms with E-state index in [1.807, 2.05) is 0 Å². The number of hydrogen-bond acceptors (Lipinski definition) is 3. The first kappa shape index (κ1) is 12.5. The zero-order chi connectivity index (χ0) is 13.6. The SMILES string of the molecule is NC(=O)[C@H]1C[C@@H]1C(=O)c1ccc(OC2CC2)c(Cl)c1. The summed E-state index contributed by atoms with van der Waals surface area (Å²) in [5, 5.41) is 0.439. The summed E-state index contributed by atoms with van der Waals surface area (Å²) in [7, 11) is 0. The van der Waals surface area contributed by atoms with Crippen LogP contribution in [0.4, 0.5) is 0 Å². The van der Waals surface area contributed by atoms with E-state index in [1.165, 1.54) is 0 Å². The van der Waals surface area contributed by atoms with E-state index in [1.54, 1.807) is 18.2 Å². The van der Waals surface area contributed by atoms with Crippen molar-refractivity contribution in [2.24, 2.45) is 17.6 Å². The molecule has 100 valence electrons. The van der Waals surface area contributed by atoms with Crippen molar-refractivity contribution < 1.29 is 14.3 Å². The van der Waals surface area contributed by atoms with Crippen LogP contribution in [0, 0.1) is 11.8 Å². The van der Waals surface area contributed by atoms with Crippen LogP contribution in [0.1, 0.15) is 29.6 Å². The van der Waals surface area contributed by atoms with Gasteiger partial charge in [-0.3, -0.25) is 9.59 Å². The molecular weight excluding hydrogens is 266 g/mol. The number of hydrogen-bond donors (Lipinski definition) is 1. The highest BCUT2D eigenvalue weighted by atomic mass is 35.5. The van der Waals surface area contributed by atoms with Crippen LogP contribution in [0.3, 0.4) is 0 Å². The van der Waals surface area contributed by atoms with E-state index in [0.717, 1.165) is 12.8 Å². The lowest BCUT2D eigenvalue weighted by atomic mass is 10.1. The highest BCUT2D eigenvalue weighted by Crippen LogP contribution is 2.41. The maximum Gasteiger partial charge on any atom is 0.221 e. The summed E-state index contributed by atoms with van der Waals surface area (Å²) < 4.78 is 5.61. The number of rotatable bonds is 5. The average Bonchev–Trinajstić information content (AvgIpc) is 3.24. The van der Waals surface area contributed by atoms with Gasteiger partial charge in [0.2, 0.25) is 5.91 Å². The number of carbonyl (C=O) groups is 2. The Morgan fingerprint density at radius 3 is 2.53 bits per heavy atom. The third kappa shape index (κ3) is 2.59. The Hall–Kier alpha value is -1.55. The molecule has 3 rings (SSSR count). The monoisotopic (exact) mass is 279 g/mol. The van der Waals surface area contributed by atoms with Crippen LogP contribution >= 0.6 is 11.6 Å². The molecule has 0 bridgehead atoms. The molecule has 2 atom stereocenters. The van der Waals surface area contributed by atoms with E-state index in [0.29, 0.717) is 22.8 Å². The Balaban J connectivity index is 1.73. The van der Waals surface area contributed by atoms with Gasteiger partial charge in [-0.2, -0.15) is 0 Å². The van der Waals surface area contributed by atoms with E-state index in [-0.39, 0.29) is 23.7 Å². The van der Waals surface area contributed by atoms with E-state index in [4.69, 9.17) is 22.1 Å². The van der Waals surface area contributed by atoms with Gasteiger partial charge in [0, 0.05) is 17.4 Å². The predicted molar refractivity (Wildman–Crippen MR) is 70.2 cm³/mol. The molecule has 0 unspecified atom stereocenters. The minimum Gasteiger partial charge on any atom is -0.489 e. The molecule has 0 aromatic heterocycles. The molecule has 2 aliphatic carbocycles. The largest absolute Gasteiger partial charge is 0.489 e. The van der Waals surface area contributed by atoms with Gasteiger partial charge in [0.1, 0.15) is 5.75 Å². The lowest BCUT2D eigenvalue weighted by Crippen LogP contribution is -2.16. The zero-order valence-electron chi connectivity index (χ0n) is 10.3. The van der Waals surface area contributed by atoms with Crippen LogP contribution in [0.15, 0.2) is 18.2 Å². The molecule has 0 radical (unpaired) electrons. The van der Waals surface area contributed by atoms with E-state index in [9.17, 15) is 9.59 Å². The summed E-state index contributed by atoms with van der Waals surface area (Å²) in [6.45, 7) is 0. The third-order valence-electron chi connectivity index (χ3n) is 3.53. The molecule has 0 saturated heterocycles. The standard InChI is InChI=1S/C14H14ClNO3/c15-11-5-7(1-4-12(11)19-8-2-3-8)13(17)9-6-10(9)14(16)18/h1,4-5,8-10H,2-3,6H2,(H2,16,18)/t9-,10-/m0/s1. The molecule has 1 amide bonds. The number of halogens is 1. The van der Waals surface area contributed by atoms with E-state index < -0.39 is 5.91 Å². The van der Waals surface area contributed by atoms with Crippen LogP contribution < -0.4 is 10.5 Å². The summed E-state index contributed by atoms with van der Waals surface area (Å²) in [4.78, 5) is 23.1. The number of ketones is 1. The van der Waals surface area contributed by atoms with Crippen molar-refractivity contribution in [3.8, 4) is 5.75 Å². The quantitative estimate of drug-likeness (QED) is 0.840. The second-order valence-electron chi connectivity index (χ2n) is 5.18. The van der Waals surface area contributed by atoms with Gasteiger partial charge in [-0.1, -0.05) is 11.6 Å². The number of ether oxygens (including phenoxy) is 1. The van der Waals surface area contributed by atoms with Crippen LogP contribution in [0.25, 0.3) is 0 Å². The molecule has 0 aliphatic heterocycles. The van der Waals surface area contributed by atoms with Crippen molar-refractivity contribution >= 4 is 23.3 Å². The summed E-state index contributed by atoms with van der Waals surface area (Å²) in [5.41, 5.74) is 5.70. The van der Waals surface area contributed by atoms with Crippen LogP contribution in [-0.4, -0.2) is 17.8 Å². The van der Waals surface area contributed by atoms with Crippen molar-refractivity contribution in [3.63, 3.8) is 0 Å². The van der Waals surface area contributed by atoms with Gasteiger partial charge >= 0.3 is 0 Å². The van der Waals surface area contributed by atoms with Crippen molar-refractivity contribution in [1.29, 1.82) is 0 Å². The lowest BCUT2D eigenvalue weighted by molar-refractivity contribution is -0.119. The number of Topliss-reactive ketones (excluding diaryl/α,β-unsaturated/α-hetero) is 1. The van der Waals surface area contributed by atoms with Gasteiger partial charge in [-0.25, -0.2) is 0 Å². The Labute approximate surface area is 115 Å². The van der Waals surface area contributed by atoms with Crippen LogP contribution in [-0.2, 0) is 4.79 Å². The number of benzene rings is 1. The first-order valence-corrected chi connectivity index (χ1v) is 6.74. The molecular formula is C14H14ClNO3. The Morgan fingerprint density at radius 2 is 2.00 bits per heavy atom. The second kappa shape index (κ2) is 4.53. The molecule has 0 spiro atoms. The Bertz CT molecular complexity index is 554. The summed E-state index contributed by atoms with van der Waals surface area (Å²) in [6, 6.07) is 5.02. The number of primary amides is 1.